The van der Waals surface area contributed by atoms with Gasteiger partial charge in [0.15, 0.2) is 0 Å². The molecule has 1 aromatic rings. The molecule has 1 atom stereocenters. The topological polar surface area (TPSA) is 58.6 Å². The van der Waals surface area contributed by atoms with Gasteiger partial charge in [-0.05, 0) is 25.8 Å². The quantitative estimate of drug-likeness (QED) is 0.845. The molecular formula is C14H21NO3. The fraction of sp³-hybridized carbons (Fsp3) is 0.500. The molecule has 0 spiro atoms. The third-order valence-electron chi connectivity index (χ3n) is 2.77. The number of aliphatic hydroxyl groups is 1. The number of ether oxygens (including phenoxy) is 1. The Kier molecular flexibility index (Phi) is 5.16. The van der Waals surface area contributed by atoms with Crippen molar-refractivity contribution in [1.82, 2.24) is 5.32 Å². The smallest absolute Gasteiger partial charge is 0.407 e. The van der Waals surface area contributed by atoms with Gasteiger partial charge in [0.1, 0.15) is 6.61 Å². The van der Waals surface area contributed by atoms with Gasteiger partial charge in [0, 0.05) is 0 Å². The lowest BCUT2D eigenvalue weighted by Crippen LogP contribution is -2.48. The standard InChI is InChI=1S/C14H21NO3/c1-4-12(14(2,3)17)15-13(16)18-10-11-8-6-5-7-9-11/h5-9,12,17H,4,10H2,1-3H3,(H,15,16). The maximum absolute atomic E-state index is 11.6. The highest BCUT2D eigenvalue weighted by Crippen LogP contribution is 2.12. The van der Waals surface area contributed by atoms with Crippen molar-refractivity contribution in [3.63, 3.8) is 0 Å². The Bertz CT molecular complexity index is 370. The van der Waals surface area contributed by atoms with E-state index in [4.69, 9.17) is 4.74 Å². The van der Waals surface area contributed by atoms with Crippen LogP contribution in [0.2, 0.25) is 0 Å². The van der Waals surface area contributed by atoms with Crippen LogP contribution in [0.1, 0.15) is 32.8 Å². The summed E-state index contributed by atoms with van der Waals surface area (Å²) in [5, 5.41) is 12.5. The van der Waals surface area contributed by atoms with Crippen LogP contribution in [-0.4, -0.2) is 22.8 Å². The van der Waals surface area contributed by atoms with Gasteiger partial charge in [-0.15, -0.1) is 0 Å². The fourth-order valence-electron chi connectivity index (χ4n) is 1.69. The SMILES string of the molecule is CCC(NC(=O)OCc1ccccc1)C(C)(C)O. The van der Waals surface area contributed by atoms with Gasteiger partial charge in [-0.3, -0.25) is 0 Å². The maximum Gasteiger partial charge on any atom is 0.407 e. The number of hydrogen-bond donors (Lipinski definition) is 2. The van der Waals surface area contributed by atoms with Crippen LogP contribution in [-0.2, 0) is 11.3 Å². The van der Waals surface area contributed by atoms with Crippen LogP contribution in [0.25, 0.3) is 0 Å². The van der Waals surface area contributed by atoms with E-state index in [9.17, 15) is 9.90 Å². The summed E-state index contributed by atoms with van der Waals surface area (Å²) in [5.74, 6) is 0. The summed E-state index contributed by atoms with van der Waals surface area (Å²) in [6, 6.07) is 9.15. The molecule has 0 bridgehead atoms. The molecule has 0 saturated heterocycles. The van der Waals surface area contributed by atoms with Crippen molar-refractivity contribution in [3.8, 4) is 0 Å². The van der Waals surface area contributed by atoms with E-state index in [2.05, 4.69) is 5.32 Å². The molecule has 1 aromatic carbocycles. The van der Waals surface area contributed by atoms with Gasteiger partial charge in [0.2, 0.25) is 0 Å². The van der Waals surface area contributed by atoms with E-state index in [0.717, 1.165) is 5.56 Å². The average Bonchev–Trinajstić information content (AvgIpc) is 2.33. The monoisotopic (exact) mass is 251 g/mol. The first-order chi connectivity index (χ1) is 8.43. The van der Waals surface area contributed by atoms with Crippen molar-refractivity contribution in [3.05, 3.63) is 35.9 Å². The summed E-state index contributed by atoms with van der Waals surface area (Å²) in [7, 11) is 0. The van der Waals surface area contributed by atoms with Gasteiger partial charge in [-0.2, -0.15) is 0 Å². The van der Waals surface area contributed by atoms with Crippen molar-refractivity contribution >= 4 is 6.09 Å². The summed E-state index contributed by atoms with van der Waals surface area (Å²) in [5.41, 5.74) is -0.0236. The van der Waals surface area contributed by atoms with E-state index in [1.165, 1.54) is 0 Å². The van der Waals surface area contributed by atoms with Crippen LogP contribution < -0.4 is 5.32 Å². The second-order valence-corrected chi connectivity index (χ2v) is 4.82. The van der Waals surface area contributed by atoms with Crippen LogP contribution in [0.5, 0.6) is 0 Å². The molecule has 4 nitrogen and oxygen atoms in total. The van der Waals surface area contributed by atoms with Gasteiger partial charge >= 0.3 is 6.09 Å². The zero-order valence-electron chi connectivity index (χ0n) is 11.1. The van der Waals surface area contributed by atoms with Gasteiger partial charge < -0.3 is 15.2 Å². The normalized spacial score (nSPS) is 12.9. The van der Waals surface area contributed by atoms with E-state index >= 15 is 0 Å². The third-order valence-corrected chi connectivity index (χ3v) is 2.77. The second kappa shape index (κ2) is 6.40. The Labute approximate surface area is 108 Å². The number of carbonyl (C=O) groups excluding carboxylic acids is 1. The minimum atomic E-state index is -0.958. The average molecular weight is 251 g/mol. The molecule has 0 fully saturated rings. The molecule has 0 aliphatic carbocycles. The van der Waals surface area contributed by atoms with Gasteiger partial charge in [-0.25, -0.2) is 4.79 Å². The fourth-order valence-corrected chi connectivity index (χ4v) is 1.69. The predicted octanol–water partition coefficient (Wildman–Crippen LogP) is 2.46. The third kappa shape index (κ3) is 4.75. The first-order valence-electron chi connectivity index (χ1n) is 6.13. The van der Waals surface area contributed by atoms with E-state index in [0.29, 0.717) is 6.42 Å². The molecule has 0 aromatic heterocycles. The summed E-state index contributed by atoms with van der Waals surface area (Å²) in [6.07, 6.45) is 0.136. The van der Waals surface area contributed by atoms with E-state index in [1.807, 2.05) is 37.3 Å². The molecule has 100 valence electrons. The Morgan fingerprint density at radius 3 is 2.50 bits per heavy atom. The first kappa shape index (κ1) is 14.5. The zero-order valence-corrected chi connectivity index (χ0v) is 11.1. The minimum absolute atomic E-state index is 0.231. The molecular weight excluding hydrogens is 230 g/mol. The van der Waals surface area contributed by atoms with Crippen molar-refractivity contribution in [2.45, 2.75) is 45.4 Å². The summed E-state index contributed by atoms with van der Waals surface area (Å²) in [6.45, 7) is 5.46. The Morgan fingerprint density at radius 2 is 2.00 bits per heavy atom. The highest BCUT2D eigenvalue weighted by atomic mass is 16.5. The molecule has 1 rings (SSSR count). The summed E-state index contributed by atoms with van der Waals surface area (Å²) >= 11 is 0. The lowest BCUT2D eigenvalue weighted by Gasteiger charge is -2.28. The first-order valence-corrected chi connectivity index (χ1v) is 6.13. The van der Waals surface area contributed by atoms with Crippen LogP contribution in [0.15, 0.2) is 30.3 Å². The molecule has 0 radical (unpaired) electrons. The summed E-state index contributed by atoms with van der Waals surface area (Å²) in [4.78, 5) is 11.6. The lowest BCUT2D eigenvalue weighted by molar-refractivity contribution is 0.0324. The van der Waals surface area contributed by atoms with Crippen molar-refractivity contribution in [1.29, 1.82) is 0 Å². The van der Waals surface area contributed by atoms with Crippen LogP contribution >= 0.6 is 0 Å². The highest BCUT2D eigenvalue weighted by Gasteiger charge is 2.26. The number of amides is 1. The Hall–Kier alpha value is -1.55. The van der Waals surface area contributed by atoms with Gasteiger partial charge in [0.25, 0.3) is 0 Å². The molecule has 0 aliphatic heterocycles. The molecule has 1 amide bonds. The number of carbonyl (C=O) groups is 1. The molecule has 18 heavy (non-hydrogen) atoms. The maximum atomic E-state index is 11.6. The molecule has 1 unspecified atom stereocenters. The van der Waals surface area contributed by atoms with E-state index in [-0.39, 0.29) is 12.6 Å². The predicted molar refractivity (Wildman–Crippen MR) is 70.1 cm³/mol. The Balaban J connectivity index is 2.42. The highest BCUT2D eigenvalue weighted by molar-refractivity contribution is 5.67. The summed E-state index contributed by atoms with van der Waals surface area (Å²) < 4.78 is 5.09. The minimum Gasteiger partial charge on any atom is -0.445 e. The Morgan fingerprint density at radius 1 is 1.39 bits per heavy atom. The number of nitrogens with one attached hydrogen (secondary N) is 1. The van der Waals surface area contributed by atoms with Crippen LogP contribution in [0.4, 0.5) is 4.79 Å². The molecule has 2 N–H and O–H groups in total. The molecule has 0 saturated carbocycles. The number of hydrogen-bond acceptors (Lipinski definition) is 3. The zero-order chi connectivity index (χ0) is 13.6. The van der Waals surface area contributed by atoms with Crippen LogP contribution in [0, 0.1) is 0 Å². The number of alkyl carbamates (subject to hydrolysis) is 1. The largest absolute Gasteiger partial charge is 0.445 e. The van der Waals surface area contributed by atoms with Gasteiger partial charge in [-0.1, -0.05) is 37.3 Å². The number of rotatable bonds is 5. The van der Waals surface area contributed by atoms with E-state index < -0.39 is 11.7 Å². The van der Waals surface area contributed by atoms with Crippen molar-refractivity contribution in [2.75, 3.05) is 0 Å². The van der Waals surface area contributed by atoms with Gasteiger partial charge in [0.05, 0.1) is 11.6 Å². The van der Waals surface area contributed by atoms with Crippen molar-refractivity contribution < 1.29 is 14.6 Å². The lowest BCUT2D eigenvalue weighted by atomic mass is 9.97. The molecule has 0 heterocycles. The second-order valence-electron chi connectivity index (χ2n) is 4.82. The molecule has 4 heteroatoms. The molecule has 0 aliphatic rings. The van der Waals surface area contributed by atoms with E-state index in [1.54, 1.807) is 13.8 Å². The number of benzene rings is 1. The van der Waals surface area contributed by atoms with Crippen molar-refractivity contribution in [2.24, 2.45) is 0 Å². The van der Waals surface area contributed by atoms with Crippen LogP contribution in [0.3, 0.4) is 0 Å².